The second-order valence-corrected chi connectivity index (χ2v) is 5.30. The first kappa shape index (κ1) is 17.0. The van der Waals surface area contributed by atoms with Crippen molar-refractivity contribution in [3.63, 3.8) is 0 Å². The molecule has 0 aliphatic rings. The number of benzene rings is 1. The SMILES string of the molecule is COc1nccc(-c2c(-c3ccc(F)cc3)ncn2C(CO)CO)n1. The van der Waals surface area contributed by atoms with Gasteiger partial charge in [-0.2, -0.15) is 4.98 Å². The first-order chi connectivity index (χ1) is 12.2. The minimum absolute atomic E-state index is 0.180. The van der Waals surface area contributed by atoms with Gasteiger partial charge in [-0.15, -0.1) is 0 Å². The van der Waals surface area contributed by atoms with Crippen molar-refractivity contribution in [1.82, 2.24) is 19.5 Å². The predicted molar refractivity (Wildman–Crippen MR) is 88.4 cm³/mol. The normalized spacial score (nSPS) is 11.1. The van der Waals surface area contributed by atoms with Crippen LogP contribution in [0.15, 0.2) is 42.9 Å². The maximum absolute atomic E-state index is 13.2. The van der Waals surface area contributed by atoms with E-state index >= 15 is 0 Å². The number of aliphatic hydroxyl groups is 2. The van der Waals surface area contributed by atoms with Crippen LogP contribution in [-0.2, 0) is 0 Å². The Morgan fingerprint density at radius 1 is 1.12 bits per heavy atom. The summed E-state index contributed by atoms with van der Waals surface area (Å²) >= 11 is 0. The van der Waals surface area contributed by atoms with Gasteiger partial charge in [0.05, 0.1) is 49.8 Å². The molecule has 2 aromatic heterocycles. The Labute approximate surface area is 143 Å². The summed E-state index contributed by atoms with van der Waals surface area (Å²) in [5.41, 5.74) is 2.31. The highest BCUT2D eigenvalue weighted by Crippen LogP contribution is 2.32. The van der Waals surface area contributed by atoms with Crippen LogP contribution < -0.4 is 4.74 Å². The largest absolute Gasteiger partial charge is 0.467 e. The third-order valence-corrected chi connectivity index (χ3v) is 3.78. The number of methoxy groups -OCH3 is 1. The van der Waals surface area contributed by atoms with Gasteiger partial charge in [-0.1, -0.05) is 0 Å². The molecule has 3 aromatic rings. The highest BCUT2D eigenvalue weighted by Gasteiger charge is 2.21. The van der Waals surface area contributed by atoms with Crippen LogP contribution >= 0.6 is 0 Å². The summed E-state index contributed by atoms with van der Waals surface area (Å²) in [6.07, 6.45) is 3.06. The van der Waals surface area contributed by atoms with Gasteiger partial charge in [0.25, 0.3) is 0 Å². The molecule has 3 rings (SSSR count). The molecular formula is C17H17FN4O3. The van der Waals surface area contributed by atoms with Crippen LogP contribution in [0, 0.1) is 5.82 Å². The zero-order valence-corrected chi connectivity index (χ0v) is 13.5. The first-order valence-corrected chi connectivity index (χ1v) is 7.59. The molecule has 2 heterocycles. The molecule has 8 heteroatoms. The van der Waals surface area contributed by atoms with Crippen molar-refractivity contribution in [2.75, 3.05) is 20.3 Å². The number of hydrogen-bond acceptors (Lipinski definition) is 6. The average molecular weight is 344 g/mol. The van der Waals surface area contributed by atoms with Crippen LogP contribution in [0.1, 0.15) is 6.04 Å². The third-order valence-electron chi connectivity index (χ3n) is 3.78. The fraction of sp³-hybridized carbons (Fsp3) is 0.235. The zero-order valence-electron chi connectivity index (χ0n) is 13.5. The lowest BCUT2D eigenvalue weighted by atomic mass is 10.1. The van der Waals surface area contributed by atoms with Crippen molar-refractivity contribution in [2.24, 2.45) is 0 Å². The average Bonchev–Trinajstić information content (AvgIpc) is 3.08. The van der Waals surface area contributed by atoms with Gasteiger partial charge >= 0.3 is 6.01 Å². The summed E-state index contributed by atoms with van der Waals surface area (Å²) in [7, 11) is 1.46. The van der Waals surface area contributed by atoms with E-state index in [1.54, 1.807) is 29.0 Å². The second-order valence-electron chi connectivity index (χ2n) is 5.30. The molecule has 1 aromatic carbocycles. The van der Waals surface area contributed by atoms with E-state index in [4.69, 9.17) is 4.74 Å². The summed E-state index contributed by atoms with van der Waals surface area (Å²) in [5.74, 6) is -0.350. The number of rotatable bonds is 6. The number of hydrogen-bond donors (Lipinski definition) is 2. The molecule has 0 fully saturated rings. The van der Waals surface area contributed by atoms with Crippen molar-refractivity contribution < 1.29 is 19.3 Å². The van der Waals surface area contributed by atoms with E-state index in [9.17, 15) is 14.6 Å². The highest BCUT2D eigenvalue weighted by atomic mass is 19.1. The predicted octanol–water partition coefficient (Wildman–Crippen LogP) is 1.68. The van der Waals surface area contributed by atoms with Crippen LogP contribution in [0.25, 0.3) is 22.6 Å². The van der Waals surface area contributed by atoms with Gasteiger partial charge in [0, 0.05) is 11.8 Å². The van der Waals surface area contributed by atoms with Crippen molar-refractivity contribution in [3.05, 3.63) is 48.7 Å². The van der Waals surface area contributed by atoms with E-state index in [1.165, 1.54) is 25.6 Å². The minimum atomic E-state index is -0.586. The molecule has 0 atom stereocenters. The number of ether oxygens (including phenoxy) is 1. The van der Waals surface area contributed by atoms with E-state index in [2.05, 4.69) is 15.0 Å². The number of aliphatic hydroxyl groups excluding tert-OH is 2. The zero-order chi connectivity index (χ0) is 17.8. The van der Waals surface area contributed by atoms with Gasteiger partial charge in [-0.05, 0) is 30.3 Å². The quantitative estimate of drug-likeness (QED) is 0.707. The van der Waals surface area contributed by atoms with Crippen molar-refractivity contribution in [2.45, 2.75) is 6.04 Å². The highest BCUT2D eigenvalue weighted by molar-refractivity contribution is 5.77. The van der Waals surface area contributed by atoms with Gasteiger partial charge in [-0.25, -0.2) is 14.4 Å². The van der Waals surface area contributed by atoms with E-state index in [0.29, 0.717) is 22.6 Å². The van der Waals surface area contributed by atoms with Gasteiger partial charge in [0.15, 0.2) is 0 Å². The number of imidazole rings is 1. The fourth-order valence-electron chi connectivity index (χ4n) is 2.52. The van der Waals surface area contributed by atoms with E-state index in [1.807, 2.05) is 0 Å². The van der Waals surface area contributed by atoms with Crippen LogP contribution in [0.2, 0.25) is 0 Å². The Kier molecular flexibility index (Phi) is 5.01. The van der Waals surface area contributed by atoms with Crippen LogP contribution in [0.3, 0.4) is 0 Å². The molecule has 0 unspecified atom stereocenters. The summed E-state index contributed by atoms with van der Waals surface area (Å²) in [6.45, 7) is -0.546. The molecule has 2 N–H and O–H groups in total. The topological polar surface area (TPSA) is 93.3 Å². The number of nitrogens with zero attached hydrogens (tertiary/aromatic N) is 4. The standard InChI is InChI=1S/C17H17FN4O3/c1-25-17-19-7-6-14(21-17)16-15(11-2-4-12(18)5-3-11)20-10-22(16)13(8-23)9-24/h2-7,10,13,23-24H,8-9H2,1H3. The van der Waals surface area contributed by atoms with Crippen molar-refractivity contribution in [1.29, 1.82) is 0 Å². The van der Waals surface area contributed by atoms with Gasteiger partial charge < -0.3 is 19.5 Å². The fourth-order valence-corrected chi connectivity index (χ4v) is 2.52. The molecule has 0 spiro atoms. The molecule has 7 nitrogen and oxygen atoms in total. The number of aromatic nitrogens is 4. The maximum Gasteiger partial charge on any atom is 0.316 e. The molecule has 0 radical (unpaired) electrons. The molecule has 0 aliphatic carbocycles. The Bertz CT molecular complexity index is 847. The smallest absolute Gasteiger partial charge is 0.316 e. The molecular weight excluding hydrogens is 327 g/mol. The monoisotopic (exact) mass is 344 g/mol. The Balaban J connectivity index is 2.20. The van der Waals surface area contributed by atoms with Gasteiger partial charge in [-0.3, -0.25) is 0 Å². The van der Waals surface area contributed by atoms with E-state index in [-0.39, 0.29) is 25.0 Å². The number of halogens is 1. The van der Waals surface area contributed by atoms with Gasteiger partial charge in [0.1, 0.15) is 5.82 Å². The molecule has 0 bridgehead atoms. The molecule has 0 saturated carbocycles. The Morgan fingerprint density at radius 3 is 2.48 bits per heavy atom. The maximum atomic E-state index is 13.2. The van der Waals surface area contributed by atoms with E-state index in [0.717, 1.165) is 0 Å². The Morgan fingerprint density at radius 2 is 1.84 bits per heavy atom. The summed E-state index contributed by atoms with van der Waals surface area (Å²) in [4.78, 5) is 12.7. The summed E-state index contributed by atoms with van der Waals surface area (Å²) < 4.78 is 19.9. The first-order valence-electron chi connectivity index (χ1n) is 7.59. The third kappa shape index (κ3) is 3.35. The van der Waals surface area contributed by atoms with Crippen LogP contribution in [-0.4, -0.2) is 50.1 Å². The summed E-state index contributed by atoms with van der Waals surface area (Å²) in [5, 5.41) is 19.1. The molecule has 25 heavy (non-hydrogen) atoms. The molecule has 0 saturated heterocycles. The minimum Gasteiger partial charge on any atom is -0.467 e. The van der Waals surface area contributed by atoms with Gasteiger partial charge in [0.2, 0.25) is 0 Å². The van der Waals surface area contributed by atoms with Crippen LogP contribution in [0.4, 0.5) is 4.39 Å². The van der Waals surface area contributed by atoms with Crippen molar-refractivity contribution in [3.8, 4) is 28.7 Å². The Hall–Kier alpha value is -2.84. The lowest BCUT2D eigenvalue weighted by Crippen LogP contribution is -2.17. The lowest BCUT2D eigenvalue weighted by molar-refractivity contribution is 0.155. The molecule has 130 valence electrons. The van der Waals surface area contributed by atoms with Crippen LogP contribution in [0.5, 0.6) is 6.01 Å². The van der Waals surface area contributed by atoms with Crippen molar-refractivity contribution >= 4 is 0 Å². The lowest BCUT2D eigenvalue weighted by Gasteiger charge is -2.17. The van der Waals surface area contributed by atoms with E-state index < -0.39 is 6.04 Å². The summed E-state index contributed by atoms with van der Waals surface area (Å²) in [6, 6.07) is 7.17. The molecule has 0 amide bonds. The molecule has 0 aliphatic heterocycles. The second kappa shape index (κ2) is 7.37.